The third-order valence-corrected chi connectivity index (χ3v) is 5.97. The SMILES string of the molecule is C=CCc1ccc(OCCCn2c(-c3cc(OC)c(OC)c(OC)c3)nc3ccccc32)c(OC)c1. The fourth-order valence-corrected chi connectivity index (χ4v) is 4.26. The fourth-order valence-electron chi connectivity index (χ4n) is 4.26. The van der Waals surface area contributed by atoms with Gasteiger partial charge < -0.3 is 28.3 Å². The van der Waals surface area contributed by atoms with Gasteiger partial charge in [-0.15, -0.1) is 6.58 Å². The Morgan fingerprint density at radius 1 is 0.833 bits per heavy atom. The molecular formula is C29H32N2O5. The van der Waals surface area contributed by atoms with Gasteiger partial charge in [0, 0.05) is 12.1 Å². The van der Waals surface area contributed by atoms with E-state index in [9.17, 15) is 0 Å². The van der Waals surface area contributed by atoms with E-state index in [0.29, 0.717) is 30.4 Å². The lowest BCUT2D eigenvalue weighted by Crippen LogP contribution is -2.07. The molecule has 7 heteroatoms. The number of aromatic nitrogens is 2. The van der Waals surface area contributed by atoms with Gasteiger partial charge in [-0.25, -0.2) is 4.98 Å². The Morgan fingerprint density at radius 2 is 1.56 bits per heavy atom. The van der Waals surface area contributed by atoms with Gasteiger partial charge >= 0.3 is 0 Å². The maximum absolute atomic E-state index is 6.08. The molecule has 0 N–H and O–H groups in total. The van der Waals surface area contributed by atoms with Crippen LogP contribution in [0.15, 0.2) is 67.3 Å². The predicted molar refractivity (Wildman–Crippen MR) is 142 cm³/mol. The minimum Gasteiger partial charge on any atom is -0.493 e. The van der Waals surface area contributed by atoms with E-state index >= 15 is 0 Å². The standard InChI is InChI=1S/C29H32N2O5/c1-6-10-20-13-14-24(25(17-20)32-2)36-16-9-15-31-23-12-8-7-11-22(23)30-29(31)21-18-26(33-3)28(35-5)27(19-21)34-4/h6-8,11-14,17-19H,1,9-10,15-16H2,2-5H3. The van der Waals surface area contributed by atoms with Crippen molar-refractivity contribution in [1.82, 2.24) is 9.55 Å². The van der Waals surface area contributed by atoms with Crippen molar-refractivity contribution in [3.63, 3.8) is 0 Å². The third kappa shape index (κ3) is 5.10. The molecule has 4 rings (SSSR count). The molecule has 0 aliphatic heterocycles. The van der Waals surface area contributed by atoms with Gasteiger partial charge in [0.05, 0.1) is 46.1 Å². The Labute approximate surface area is 211 Å². The Bertz CT molecular complexity index is 1320. The van der Waals surface area contributed by atoms with Gasteiger partial charge in [0.25, 0.3) is 0 Å². The van der Waals surface area contributed by atoms with Gasteiger partial charge in [0.15, 0.2) is 23.0 Å². The van der Waals surface area contributed by atoms with E-state index in [1.807, 2.05) is 54.6 Å². The van der Waals surface area contributed by atoms with Gasteiger partial charge in [0.2, 0.25) is 5.75 Å². The minimum atomic E-state index is 0.526. The van der Waals surface area contributed by atoms with Gasteiger partial charge in [-0.2, -0.15) is 0 Å². The molecule has 0 aliphatic carbocycles. The molecule has 0 amide bonds. The van der Waals surface area contributed by atoms with Crippen molar-refractivity contribution < 1.29 is 23.7 Å². The average molecular weight is 489 g/mol. The maximum atomic E-state index is 6.08. The number of rotatable bonds is 12. The Kier molecular flexibility index (Phi) is 8.00. The number of ether oxygens (including phenoxy) is 5. The van der Waals surface area contributed by atoms with Crippen molar-refractivity contribution in [1.29, 1.82) is 0 Å². The lowest BCUT2D eigenvalue weighted by Gasteiger charge is -2.15. The second-order valence-electron chi connectivity index (χ2n) is 8.17. The summed E-state index contributed by atoms with van der Waals surface area (Å²) in [6.45, 7) is 5.04. The minimum absolute atomic E-state index is 0.526. The van der Waals surface area contributed by atoms with Crippen LogP contribution in [0.5, 0.6) is 28.7 Å². The molecule has 4 aromatic rings. The van der Waals surface area contributed by atoms with E-state index < -0.39 is 0 Å². The molecule has 0 atom stereocenters. The molecule has 36 heavy (non-hydrogen) atoms. The molecule has 7 nitrogen and oxygen atoms in total. The molecule has 0 saturated heterocycles. The number of nitrogens with zero attached hydrogens (tertiary/aromatic N) is 2. The average Bonchev–Trinajstić information content (AvgIpc) is 3.29. The lowest BCUT2D eigenvalue weighted by molar-refractivity contribution is 0.283. The Morgan fingerprint density at radius 3 is 2.22 bits per heavy atom. The van der Waals surface area contributed by atoms with Gasteiger partial charge in [-0.05, 0) is 54.8 Å². The lowest BCUT2D eigenvalue weighted by atomic mass is 10.1. The van der Waals surface area contributed by atoms with Crippen LogP contribution in [-0.2, 0) is 13.0 Å². The number of benzene rings is 3. The first-order valence-electron chi connectivity index (χ1n) is 11.8. The van der Waals surface area contributed by atoms with Crippen molar-refractivity contribution in [3.05, 3.63) is 72.8 Å². The fraction of sp³-hybridized carbons (Fsp3) is 0.276. The zero-order valence-electron chi connectivity index (χ0n) is 21.2. The Balaban J connectivity index is 1.59. The van der Waals surface area contributed by atoms with E-state index in [2.05, 4.69) is 17.2 Å². The number of imidazole rings is 1. The molecule has 0 saturated carbocycles. The molecule has 188 valence electrons. The smallest absolute Gasteiger partial charge is 0.203 e. The summed E-state index contributed by atoms with van der Waals surface area (Å²) in [6.07, 6.45) is 3.43. The molecule has 1 heterocycles. The van der Waals surface area contributed by atoms with E-state index in [0.717, 1.165) is 52.3 Å². The predicted octanol–water partition coefficient (Wildman–Crippen LogP) is 5.94. The molecule has 1 aromatic heterocycles. The monoisotopic (exact) mass is 488 g/mol. The maximum Gasteiger partial charge on any atom is 0.203 e. The molecule has 0 fully saturated rings. The molecule has 0 bridgehead atoms. The van der Waals surface area contributed by atoms with Gasteiger partial charge in [-0.3, -0.25) is 0 Å². The van der Waals surface area contributed by atoms with Crippen LogP contribution in [0.25, 0.3) is 22.4 Å². The molecule has 0 aliphatic rings. The summed E-state index contributed by atoms with van der Waals surface area (Å²) in [5.41, 5.74) is 3.98. The number of hydrogen-bond acceptors (Lipinski definition) is 6. The topological polar surface area (TPSA) is 64.0 Å². The van der Waals surface area contributed by atoms with Crippen LogP contribution >= 0.6 is 0 Å². The summed E-state index contributed by atoms with van der Waals surface area (Å²) < 4.78 is 30.4. The van der Waals surface area contributed by atoms with Crippen molar-refractivity contribution in [2.75, 3.05) is 35.0 Å². The highest BCUT2D eigenvalue weighted by atomic mass is 16.5. The second-order valence-corrected chi connectivity index (χ2v) is 8.17. The summed E-state index contributed by atoms with van der Waals surface area (Å²) >= 11 is 0. The summed E-state index contributed by atoms with van der Waals surface area (Å²) in [5.74, 6) is 3.99. The molecule has 0 radical (unpaired) electrons. The number of hydrogen-bond donors (Lipinski definition) is 0. The second kappa shape index (κ2) is 11.5. The van der Waals surface area contributed by atoms with Crippen LogP contribution < -0.4 is 23.7 Å². The van der Waals surface area contributed by atoms with Crippen LogP contribution in [0, 0.1) is 0 Å². The van der Waals surface area contributed by atoms with Crippen molar-refractivity contribution in [2.24, 2.45) is 0 Å². The molecular weight excluding hydrogens is 456 g/mol. The molecule has 3 aromatic carbocycles. The zero-order chi connectivity index (χ0) is 25.5. The van der Waals surface area contributed by atoms with E-state index in [1.165, 1.54) is 0 Å². The van der Waals surface area contributed by atoms with Gasteiger partial charge in [0.1, 0.15) is 5.82 Å². The van der Waals surface area contributed by atoms with E-state index in [4.69, 9.17) is 28.7 Å². The molecule has 0 spiro atoms. The summed E-state index contributed by atoms with van der Waals surface area (Å²) in [7, 11) is 6.47. The quantitative estimate of drug-likeness (QED) is 0.182. The zero-order valence-corrected chi connectivity index (χ0v) is 21.2. The highest BCUT2D eigenvalue weighted by molar-refractivity contribution is 5.81. The van der Waals surface area contributed by atoms with Crippen molar-refractivity contribution >= 4 is 11.0 Å². The highest BCUT2D eigenvalue weighted by Gasteiger charge is 2.19. The van der Waals surface area contributed by atoms with Gasteiger partial charge in [-0.1, -0.05) is 24.3 Å². The normalized spacial score (nSPS) is 10.8. The Hall–Kier alpha value is -4.13. The van der Waals surface area contributed by atoms with Crippen molar-refractivity contribution in [2.45, 2.75) is 19.4 Å². The van der Waals surface area contributed by atoms with Crippen LogP contribution in [-0.4, -0.2) is 44.6 Å². The van der Waals surface area contributed by atoms with Crippen LogP contribution in [0.4, 0.5) is 0 Å². The third-order valence-electron chi connectivity index (χ3n) is 5.97. The number of fused-ring (bicyclic) bond motifs is 1. The first-order chi connectivity index (χ1) is 17.6. The molecule has 0 unspecified atom stereocenters. The van der Waals surface area contributed by atoms with E-state index in [-0.39, 0.29) is 0 Å². The van der Waals surface area contributed by atoms with Crippen LogP contribution in [0.1, 0.15) is 12.0 Å². The summed E-state index contributed by atoms with van der Waals surface area (Å²) in [6, 6.07) is 17.9. The number of allylic oxidation sites excluding steroid dienone is 1. The number of aryl methyl sites for hydroxylation is 1. The number of para-hydroxylation sites is 2. The highest BCUT2D eigenvalue weighted by Crippen LogP contribution is 2.41. The summed E-state index contributed by atoms with van der Waals surface area (Å²) in [4.78, 5) is 4.92. The van der Waals surface area contributed by atoms with Crippen LogP contribution in [0.2, 0.25) is 0 Å². The largest absolute Gasteiger partial charge is 0.493 e. The van der Waals surface area contributed by atoms with Crippen molar-refractivity contribution in [3.8, 4) is 40.1 Å². The first kappa shape index (κ1) is 25.0. The summed E-state index contributed by atoms with van der Waals surface area (Å²) in [5, 5.41) is 0. The number of methoxy groups -OCH3 is 4. The van der Waals surface area contributed by atoms with E-state index in [1.54, 1.807) is 28.4 Å². The first-order valence-corrected chi connectivity index (χ1v) is 11.8. The van der Waals surface area contributed by atoms with Crippen LogP contribution in [0.3, 0.4) is 0 Å².